The van der Waals surface area contributed by atoms with Crippen molar-refractivity contribution in [1.29, 1.82) is 0 Å². The van der Waals surface area contributed by atoms with E-state index in [1.54, 1.807) is 16.8 Å². The molecular weight excluding hydrogens is 462 g/mol. The van der Waals surface area contributed by atoms with E-state index >= 15 is 0 Å². The van der Waals surface area contributed by atoms with E-state index < -0.39 is 11.7 Å². The number of carbonyl (C=O) groups excluding carboxylic acids is 3. The lowest BCUT2D eigenvalue weighted by Gasteiger charge is -2.25. The molecule has 1 fully saturated rings. The van der Waals surface area contributed by atoms with E-state index in [1.807, 2.05) is 43.3 Å². The number of benzene rings is 2. The molecule has 1 atom stereocenters. The van der Waals surface area contributed by atoms with Crippen LogP contribution in [0.3, 0.4) is 0 Å². The molecule has 2 aliphatic heterocycles. The topological polar surface area (TPSA) is 99.1 Å². The number of rotatable bonds is 6. The number of hydrogen-bond acceptors (Lipinski definition) is 6. The van der Waals surface area contributed by atoms with Crippen molar-refractivity contribution in [3.8, 4) is 11.5 Å². The number of para-hydroxylation sites is 1. The number of amides is 2. The molecular formula is C27H29N3O6. The van der Waals surface area contributed by atoms with Crippen LogP contribution in [-0.4, -0.2) is 66.6 Å². The van der Waals surface area contributed by atoms with Crippen LogP contribution < -0.4 is 14.8 Å². The first-order valence-electron chi connectivity index (χ1n) is 12.2. The quantitative estimate of drug-likeness (QED) is 0.421. The number of nitrogens with one attached hydrogen (secondary N) is 1. The van der Waals surface area contributed by atoms with Gasteiger partial charge in [0.15, 0.2) is 11.5 Å². The first-order valence-corrected chi connectivity index (χ1v) is 12.2. The molecule has 0 bridgehead atoms. The van der Waals surface area contributed by atoms with E-state index in [9.17, 15) is 14.4 Å². The van der Waals surface area contributed by atoms with E-state index in [0.717, 1.165) is 12.0 Å². The smallest absolute Gasteiger partial charge is 0.295 e. The number of morpholine rings is 1. The average Bonchev–Trinajstić information content (AvgIpc) is 3.09. The van der Waals surface area contributed by atoms with Crippen LogP contribution in [0.1, 0.15) is 35.3 Å². The highest BCUT2D eigenvalue weighted by Crippen LogP contribution is 2.32. The van der Waals surface area contributed by atoms with Crippen LogP contribution in [0.2, 0.25) is 0 Å². The summed E-state index contributed by atoms with van der Waals surface area (Å²) in [7, 11) is 0. The molecule has 36 heavy (non-hydrogen) atoms. The third-order valence-electron chi connectivity index (χ3n) is 6.49. The highest BCUT2D eigenvalue weighted by atomic mass is 16.5. The number of nitrogens with zero attached hydrogens (tertiary/aromatic N) is 2. The number of ether oxygens (including phenoxy) is 3. The molecule has 1 saturated heterocycles. The zero-order valence-corrected chi connectivity index (χ0v) is 20.2. The zero-order chi connectivity index (χ0) is 25.1. The third-order valence-corrected chi connectivity index (χ3v) is 6.49. The molecule has 2 aliphatic rings. The van der Waals surface area contributed by atoms with Gasteiger partial charge in [-0.3, -0.25) is 14.4 Å². The van der Waals surface area contributed by atoms with Gasteiger partial charge in [-0.05, 0) is 30.7 Å². The van der Waals surface area contributed by atoms with Gasteiger partial charge in [0.1, 0.15) is 6.54 Å². The van der Waals surface area contributed by atoms with E-state index in [0.29, 0.717) is 67.5 Å². The Morgan fingerprint density at radius 1 is 0.972 bits per heavy atom. The van der Waals surface area contributed by atoms with E-state index in [2.05, 4.69) is 5.32 Å². The highest BCUT2D eigenvalue weighted by molar-refractivity contribution is 6.44. The monoisotopic (exact) mass is 491 g/mol. The van der Waals surface area contributed by atoms with Gasteiger partial charge < -0.3 is 29.0 Å². The number of aromatic nitrogens is 1. The van der Waals surface area contributed by atoms with Crippen molar-refractivity contribution in [2.24, 2.45) is 0 Å². The largest absolute Gasteiger partial charge is 0.490 e. The van der Waals surface area contributed by atoms with Gasteiger partial charge in [0.05, 0.1) is 38.0 Å². The molecule has 1 unspecified atom stereocenters. The van der Waals surface area contributed by atoms with Gasteiger partial charge in [0, 0.05) is 36.6 Å². The van der Waals surface area contributed by atoms with Crippen LogP contribution in [0.4, 0.5) is 0 Å². The predicted octanol–water partition coefficient (Wildman–Crippen LogP) is 2.72. The van der Waals surface area contributed by atoms with Crippen molar-refractivity contribution in [2.75, 3.05) is 39.5 Å². The summed E-state index contributed by atoms with van der Waals surface area (Å²) in [4.78, 5) is 40.4. The number of hydrogen-bond donors (Lipinski definition) is 1. The normalized spacial score (nSPS) is 16.3. The average molecular weight is 492 g/mol. The fourth-order valence-electron chi connectivity index (χ4n) is 4.56. The molecule has 3 heterocycles. The second-order valence-electron chi connectivity index (χ2n) is 8.97. The molecule has 3 aromatic rings. The minimum Gasteiger partial charge on any atom is -0.490 e. The Morgan fingerprint density at radius 3 is 2.53 bits per heavy atom. The fourth-order valence-corrected chi connectivity index (χ4v) is 4.56. The van der Waals surface area contributed by atoms with Gasteiger partial charge in [-0.1, -0.05) is 24.3 Å². The van der Waals surface area contributed by atoms with Crippen LogP contribution in [0.25, 0.3) is 10.9 Å². The van der Waals surface area contributed by atoms with Crippen LogP contribution in [0.15, 0.2) is 48.7 Å². The van der Waals surface area contributed by atoms with Crippen LogP contribution in [-0.2, 0) is 20.9 Å². The number of ketones is 1. The Labute approximate surface area is 208 Å². The fraction of sp³-hybridized carbons (Fsp3) is 0.370. The summed E-state index contributed by atoms with van der Waals surface area (Å²) in [6.45, 7) is 4.74. The van der Waals surface area contributed by atoms with E-state index in [-0.39, 0.29) is 18.5 Å². The van der Waals surface area contributed by atoms with Crippen molar-refractivity contribution in [3.63, 3.8) is 0 Å². The standard InChI is InChI=1S/C27H29N3O6/c1-18(19-7-8-23-24(15-19)36-12-4-11-35-23)28-25(31)17-30-16-21(20-5-2-3-6-22(20)30)26(32)27(33)29-9-13-34-14-10-29/h2-3,5-8,15-16,18H,4,9-14,17H2,1H3,(H,28,31). The SMILES string of the molecule is CC(NC(=O)Cn1cc(C(=O)C(=O)N2CCOCC2)c2ccccc21)c1ccc2c(c1)OCCCO2. The molecule has 0 saturated carbocycles. The summed E-state index contributed by atoms with van der Waals surface area (Å²) in [5, 5.41) is 3.66. The Balaban J connectivity index is 1.31. The van der Waals surface area contributed by atoms with Gasteiger partial charge in [-0.25, -0.2) is 0 Å². The second kappa shape index (κ2) is 10.4. The molecule has 0 spiro atoms. The number of fused-ring (bicyclic) bond motifs is 2. The Kier molecular flexibility index (Phi) is 6.90. The molecule has 1 aromatic heterocycles. The minimum atomic E-state index is -0.576. The maximum Gasteiger partial charge on any atom is 0.295 e. The minimum absolute atomic E-state index is 0.00836. The van der Waals surface area contributed by atoms with E-state index in [4.69, 9.17) is 14.2 Å². The third kappa shape index (κ3) is 4.92. The summed E-state index contributed by atoms with van der Waals surface area (Å²) in [6, 6.07) is 12.7. The molecule has 0 radical (unpaired) electrons. The van der Waals surface area contributed by atoms with Crippen molar-refractivity contribution in [3.05, 3.63) is 59.8 Å². The van der Waals surface area contributed by atoms with Crippen molar-refractivity contribution in [1.82, 2.24) is 14.8 Å². The van der Waals surface area contributed by atoms with E-state index in [1.165, 1.54) is 4.90 Å². The molecule has 2 aromatic carbocycles. The first kappa shape index (κ1) is 23.9. The lowest BCUT2D eigenvalue weighted by Crippen LogP contribution is -2.44. The van der Waals surface area contributed by atoms with Gasteiger partial charge in [0.25, 0.3) is 11.7 Å². The van der Waals surface area contributed by atoms with Gasteiger partial charge in [-0.2, -0.15) is 0 Å². The first-order chi connectivity index (χ1) is 17.5. The Bertz CT molecular complexity index is 1290. The maximum atomic E-state index is 13.1. The summed E-state index contributed by atoms with van der Waals surface area (Å²) < 4.78 is 18.4. The summed E-state index contributed by atoms with van der Waals surface area (Å²) in [5.74, 6) is 0.0448. The Morgan fingerprint density at radius 2 is 1.72 bits per heavy atom. The summed E-state index contributed by atoms with van der Waals surface area (Å²) in [5.41, 5.74) is 1.91. The molecule has 2 amide bonds. The molecule has 9 heteroatoms. The van der Waals surface area contributed by atoms with Gasteiger partial charge in [-0.15, -0.1) is 0 Å². The van der Waals surface area contributed by atoms with Crippen molar-refractivity contribution < 1.29 is 28.6 Å². The number of Topliss-reactive ketones (excluding diaryl/α,β-unsaturated/α-hetero) is 1. The van der Waals surface area contributed by atoms with Crippen molar-refractivity contribution in [2.45, 2.75) is 25.9 Å². The van der Waals surface area contributed by atoms with Gasteiger partial charge >= 0.3 is 0 Å². The maximum absolute atomic E-state index is 13.1. The molecule has 1 N–H and O–H groups in total. The molecule has 5 rings (SSSR count). The predicted molar refractivity (Wildman–Crippen MR) is 132 cm³/mol. The number of carbonyl (C=O) groups is 3. The highest BCUT2D eigenvalue weighted by Gasteiger charge is 2.28. The van der Waals surface area contributed by atoms with Crippen LogP contribution in [0, 0.1) is 0 Å². The summed E-state index contributed by atoms with van der Waals surface area (Å²) >= 11 is 0. The lowest BCUT2D eigenvalue weighted by molar-refractivity contribution is -0.130. The summed E-state index contributed by atoms with van der Waals surface area (Å²) in [6.07, 6.45) is 2.42. The van der Waals surface area contributed by atoms with Crippen LogP contribution in [0.5, 0.6) is 11.5 Å². The Hall–Kier alpha value is -3.85. The van der Waals surface area contributed by atoms with Crippen LogP contribution >= 0.6 is 0 Å². The van der Waals surface area contributed by atoms with Gasteiger partial charge in [0.2, 0.25) is 5.91 Å². The van der Waals surface area contributed by atoms with Crippen molar-refractivity contribution >= 4 is 28.5 Å². The lowest BCUT2D eigenvalue weighted by atomic mass is 10.1. The molecule has 0 aliphatic carbocycles. The molecule has 188 valence electrons. The second-order valence-corrected chi connectivity index (χ2v) is 8.97. The zero-order valence-electron chi connectivity index (χ0n) is 20.2. The molecule has 9 nitrogen and oxygen atoms in total.